The standard InChI is InChI=1S/C12H18N2OS/c1-14(7-4-10-3-2-8-16-10)11(15)12(9-13)5-6-12/h2-3,8H,4-7,9,13H2,1H3. The monoisotopic (exact) mass is 238 g/mol. The summed E-state index contributed by atoms with van der Waals surface area (Å²) in [7, 11) is 1.88. The summed E-state index contributed by atoms with van der Waals surface area (Å²) in [5.41, 5.74) is 5.45. The molecule has 0 unspecified atom stereocenters. The fourth-order valence-corrected chi connectivity index (χ4v) is 2.59. The van der Waals surface area contributed by atoms with E-state index in [2.05, 4.69) is 11.4 Å². The largest absolute Gasteiger partial charge is 0.345 e. The van der Waals surface area contributed by atoms with E-state index in [0.29, 0.717) is 6.54 Å². The lowest BCUT2D eigenvalue weighted by Crippen LogP contribution is -2.39. The minimum Gasteiger partial charge on any atom is -0.345 e. The molecule has 1 heterocycles. The number of carbonyl (C=O) groups is 1. The number of nitrogens with zero attached hydrogens (tertiary/aromatic N) is 1. The summed E-state index contributed by atoms with van der Waals surface area (Å²) in [6, 6.07) is 4.16. The Labute approximate surface area is 100 Å². The SMILES string of the molecule is CN(CCc1cccs1)C(=O)C1(CN)CC1. The van der Waals surface area contributed by atoms with Crippen molar-refractivity contribution in [1.82, 2.24) is 4.90 Å². The lowest BCUT2D eigenvalue weighted by Gasteiger charge is -2.22. The van der Waals surface area contributed by atoms with Crippen molar-refractivity contribution in [1.29, 1.82) is 0 Å². The highest BCUT2D eigenvalue weighted by Crippen LogP contribution is 2.45. The van der Waals surface area contributed by atoms with E-state index in [4.69, 9.17) is 5.73 Å². The number of amides is 1. The zero-order chi connectivity index (χ0) is 11.6. The Kier molecular flexibility index (Phi) is 3.30. The molecule has 1 fully saturated rings. The van der Waals surface area contributed by atoms with Gasteiger partial charge in [-0.25, -0.2) is 0 Å². The molecule has 88 valence electrons. The van der Waals surface area contributed by atoms with Crippen LogP contribution < -0.4 is 5.73 Å². The van der Waals surface area contributed by atoms with Gasteiger partial charge in [0, 0.05) is 25.0 Å². The van der Waals surface area contributed by atoms with Crippen LogP contribution in [0, 0.1) is 5.41 Å². The summed E-state index contributed by atoms with van der Waals surface area (Å²) >= 11 is 1.74. The maximum Gasteiger partial charge on any atom is 0.229 e. The quantitative estimate of drug-likeness (QED) is 0.844. The van der Waals surface area contributed by atoms with Crippen LogP contribution in [0.5, 0.6) is 0 Å². The van der Waals surface area contributed by atoms with E-state index in [1.54, 1.807) is 11.3 Å². The molecule has 1 amide bonds. The minimum atomic E-state index is -0.204. The first-order chi connectivity index (χ1) is 7.68. The second kappa shape index (κ2) is 4.55. The highest BCUT2D eigenvalue weighted by molar-refractivity contribution is 7.09. The summed E-state index contributed by atoms with van der Waals surface area (Å²) in [6.07, 6.45) is 2.87. The molecular formula is C12H18N2OS. The number of rotatable bonds is 5. The molecule has 1 aromatic rings. The average Bonchev–Trinajstić information content (AvgIpc) is 2.94. The van der Waals surface area contributed by atoms with Crippen LogP contribution in [0.3, 0.4) is 0 Å². The van der Waals surface area contributed by atoms with Crippen LogP contribution in [0.1, 0.15) is 17.7 Å². The predicted molar refractivity (Wildman–Crippen MR) is 66.4 cm³/mol. The molecule has 0 aliphatic heterocycles. The zero-order valence-corrected chi connectivity index (χ0v) is 10.4. The van der Waals surface area contributed by atoms with Gasteiger partial charge in [0.25, 0.3) is 0 Å². The van der Waals surface area contributed by atoms with Crippen LogP contribution in [-0.2, 0) is 11.2 Å². The first kappa shape index (κ1) is 11.6. The predicted octanol–water partition coefficient (Wildman–Crippen LogP) is 1.49. The number of nitrogens with two attached hydrogens (primary N) is 1. The average molecular weight is 238 g/mol. The maximum absolute atomic E-state index is 12.1. The number of hydrogen-bond acceptors (Lipinski definition) is 3. The van der Waals surface area contributed by atoms with Crippen LogP contribution in [0.4, 0.5) is 0 Å². The van der Waals surface area contributed by atoms with Gasteiger partial charge in [-0.1, -0.05) is 6.07 Å². The summed E-state index contributed by atoms with van der Waals surface area (Å²) < 4.78 is 0. The Balaban J connectivity index is 1.84. The number of hydrogen-bond donors (Lipinski definition) is 1. The van der Waals surface area contributed by atoms with Gasteiger partial charge < -0.3 is 10.6 Å². The van der Waals surface area contributed by atoms with E-state index < -0.39 is 0 Å². The van der Waals surface area contributed by atoms with Crippen molar-refractivity contribution in [2.45, 2.75) is 19.3 Å². The Morgan fingerprint density at radius 3 is 2.88 bits per heavy atom. The topological polar surface area (TPSA) is 46.3 Å². The van der Waals surface area contributed by atoms with Crippen molar-refractivity contribution < 1.29 is 4.79 Å². The molecule has 4 heteroatoms. The van der Waals surface area contributed by atoms with E-state index in [-0.39, 0.29) is 11.3 Å². The van der Waals surface area contributed by atoms with Gasteiger partial charge in [0.1, 0.15) is 0 Å². The Morgan fingerprint density at radius 1 is 1.62 bits per heavy atom. The smallest absolute Gasteiger partial charge is 0.229 e. The first-order valence-electron chi connectivity index (χ1n) is 5.66. The van der Waals surface area contributed by atoms with Crippen molar-refractivity contribution in [3.05, 3.63) is 22.4 Å². The zero-order valence-electron chi connectivity index (χ0n) is 9.61. The molecule has 0 radical (unpaired) electrons. The molecule has 0 bridgehead atoms. The molecule has 0 spiro atoms. The van der Waals surface area contributed by atoms with Gasteiger partial charge in [-0.2, -0.15) is 0 Å². The van der Waals surface area contributed by atoms with E-state index in [1.165, 1.54) is 4.88 Å². The molecular weight excluding hydrogens is 220 g/mol. The van der Waals surface area contributed by atoms with Gasteiger partial charge in [-0.3, -0.25) is 4.79 Å². The first-order valence-corrected chi connectivity index (χ1v) is 6.54. The molecule has 1 aliphatic carbocycles. The molecule has 1 saturated carbocycles. The summed E-state index contributed by atoms with van der Waals surface area (Å²) in [5.74, 6) is 0.228. The molecule has 3 nitrogen and oxygen atoms in total. The lowest BCUT2D eigenvalue weighted by molar-refractivity contribution is -0.135. The second-order valence-corrected chi connectivity index (χ2v) is 5.57. The Morgan fingerprint density at radius 2 is 2.38 bits per heavy atom. The molecule has 1 aliphatic rings. The van der Waals surface area contributed by atoms with E-state index in [9.17, 15) is 4.79 Å². The number of thiophene rings is 1. The van der Waals surface area contributed by atoms with Crippen LogP contribution in [-0.4, -0.2) is 30.9 Å². The van der Waals surface area contributed by atoms with Crippen LogP contribution in [0.15, 0.2) is 17.5 Å². The molecule has 0 aromatic carbocycles. The number of carbonyl (C=O) groups excluding carboxylic acids is 1. The van der Waals surface area contributed by atoms with Crippen LogP contribution >= 0.6 is 11.3 Å². The Hall–Kier alpha value is -0.870. The highest BCUT2D eigenvalue weighted by atomic mass is 32.1. The van der Waals surface area contributed by atoms with E-state index >= 15 is 0 Å². The highest BCUT2D eigenvalue weighted by Gasteiger charge is 2.49. The van der Waals surface area contributed by atoms with Crippen molar-refractivity contribution in [2.24, 2.45) is 11.1 Å². The number of likely N-dealkylation sites (N-methyl/N-ethyl adjacent to an activating group) is 1. The maximum atomic E-state index is 12.1. The lowest BCUT2D eigenvalue weighted by atomic mass is 10.1. The third kappa shape index (κ3) is 2.28. The summed E-state index contributed by atoms with van der Waals surface area (Å²) in [5, 5.41) is 2.07. The van der Waals surface area contributed by atoms with Crippen LogP contribution in [0.2, 0.25) is 0 Å². The van der Waals surface area contributed by atoms with Gasteiger partial charge in [-0.05, 0) is 30.7 Å². The molecule has 0 atom stereocenters. The van der Waals surface area contributed by atoms with Gasteiger partial charge in [0.05, 0.1) is 5.41 Å². The molecule has 2 rings (SSSR count). The molecule has 1 aromatic heterocycles. The second-order valence-electron chi connectivity index (χ2n) is 4.54. The van der Waals surface area contributed by atoms with E-state index in [1.807, 2.05) is 18.0 Å². The summed E-state index contributed by atoms with van der Waals surface area (Å²) in [6.45, 7) is 1.29. The van der Waals surface area contributed by atoms with Crippen molar-refractivity contribution in [2.75, 3.05) is 20.1 Å². The van der Waals surface area contributed by atoms with Gasteiger partial charge in [0.2, 0.25) is 5.91 Å². The fraction of sp³-hybridized carbons (Fsp3) is 0.583. The molecule has 16 heavy (non-hydrogen) atoms. The van der Waals surface area contributed by atoms with E-state index in [0.717, 1.165) is 25.8 Å². The van der Waals surface area contributed by atoms with Crippen molar-refractivity contribution in [3.63, 3.8) is 0 Å². The van der Waals surface area contributed by atoms with Gasteiger partial charge >= 0.3 is 0 Å². The van der Waals surface area contributed by atoms with Crippen molar-refractivity contribution in [3.8, 4) is 0 Å². The van der Waals surface area contributed by atoms with Gasteiger partial charge in [0.15, 0.2) is 0 Å². The third-order valence-electron chi connectivity index (χ3n) is 3.32. The fourth-order valence-electron chi connectivity index (χ4n) is 1.90. The normalized spacial score (nSPS) is 17.1. The van der Waals surface area contributed by atoms with Crippen molar-refractivity contribution >= 4 is 17.2 Å². The molecule has 2 N–H and O–H groups in total. The third-order valence-corrected chi connectivity index (χ3v) is 4.25. The van der Waals surface area contributed by atoms with Crippen LogP contribution in [0.25, 0.3) is 0 Å². The summed E-state index contributed by atoms with van der Waals surface area (Å²) in [4.78, 5) is 15.2. The molecule has 0 saturated heterocycles. The Bertz CT molecular complexity index is 357. The van der Waals surface area contributed by atoms with Gasteiger partial charge in [-0.15, -0.1) is 11.3 Å². The minimum absolute atomic E-state index is 0.204.